The van der Waals surface area contributed by atoms with Crippen molar-refractivity contribution in [1.82, 2.24) is 10.6 Å². The summed E-state index contributed by atoms with van der Waals surface area (Å²) in [6, 6.07) is 38.5. The number of nitrogens with two attached hydrogens (primary N) is 4. The van der Waals surface area contributed by atoms with Gasteiger partial charge in [-0.05, 0) is 257 Å². The molecule has 3 unspecified atom stereocenters. The van der Waals surface area contributed by atoms with Crippen LogP contribution in [0.2, 0.25) is 0 Å². The Hall–Kier alpha value is -10.8. The Labute approximate surface area is 569 Å². The largest absolute Gasteiger partial charge is 0.478 e. The normalized spacial score (nSPS) is 12.1. The van der Waals surface area contributed by atoms with Gasteiger partial charge in [-0.1, -0.05) is 35.5 Å². The highest BCUT2D eigenvalue weighted by molar-refractivity contribution is 5.99. The zero-order valence-electron chi connectivity index (χ0n) is 56.6. The fraction of sp³-hybridized carbons (Fsp3) is 0.308. The van der Waals surface area contributed by atoms with Crippen molar-refractivity contribution < 1.29 is 63.0 Å². The third-order valence-electron chi connectivity index (χ3n) is 12.8. The van der Waals surface area contributed by atoms with Crippen LogP contribution in [-0.2, 0) is 33.3 Å². The molecule has 6 aromatic rings. The summed E-state index contributed by atoms with van der Waals surface area (Å²) in [4.78, 5) is 71.5. The standard InChI is InChI=1S/C28H32N2O4.C22H20N2O4.C17H11NO2.C11H23NO3/c1-6-33-19-25(31)26(20(2)34-28(3,4)5)30-27(32)23-15-11-21(12-16-23)9-7-8-10-22-13-17-24(29)18-14-22;1-15(26)21(20(27)14-25)24-22(28)18-10-6-16(7-11-18)4-2-3-5-17-8-12-19(23)13-9-17;18-16-11-7-14(8-12-16)4-2-1-3-13-5-9-15(10-6-13)17(19)20;1-6-14-7-9(13)10(12)8(2)15-11(3,4)5/h11-18,20,26H,6,19,29H2,1-5H3,(H,30,32);6-13,15,21,25-26H,14,23H2,1H3,(H,24,28);5-12H,18H2,(H,19,20);8,10H,6-7,12H2,1-5H3/t20-,26?;15-,21?;;8-,10?/m11.1/s1. The predicted molar refractivity (Wildman–Crippen MR) is 378 cm³/mol. The van der Waals surface area contributed by atoms with Gasteiger partial charge in [0.15, 0.2) is 17.3 Å². The number of nitrogen functional groups attached to an aromatic ring is 3. The summed E-state index contributed by atoms with van der Waals surface area (Å²) in [5.41, 5.74) is 29.4. The van der Waals surface area contributed by atoms with Crippen molar-refractivity contribution in [2.24, 2.45) is 5.73 Å². The number of hydrogen-bond acceptors (Lipinski definition) is 16. The van der Waals surface area contributed by atoms with Crippen LogP contribution in [-0.4, -0.2) is 131 Å². The SMILES string of the molecule is CCOCC(=O)C(N)[C@@H](C)OC(C)(C)C.CCOCC(=O)C(NC(=O)c1ccc(C#CC#Cc2ccc(N)cc2)cc1)[C@@H](C)OC(C)(C)C.C[C@@H](O)C(NC(=O)c1ccc(C#CC#Cc2ccc(N)cc2)cc1)C(=O)CO.Nc1ccc(C#CC#Cc2ccc(C(=O)O)cc2)cc1. The van der Waals surface area contributed by atoms with Crippen molar-refractivity contribution in [3.05, 3.63) is 196 Å². The first-order valence-corrected chi connectivity index (χ1v) is 30.8. The van der Waals surface area contributed by atoms with Crippen molar-refractivity contribution >= 4 is 52.2 Å². The number of carbonyl (C=O) groups excluding carboxylic acids is 5. The van der Waals surface area contributed by atoms with E-state index in [1.165, 1.54) is 19.1 Å². The molecule has 0 aliphatic rings. The number of amides is 2. The van der Waals surface area contributed by atoms with Crippen LogP contribution in [0, 0.1) is 71.0 Å². The molecule has 0 bridgehead atoms. The van der Waals surface area contributed by atoms with E-state index in [0.717, 1.165) is 27.8 Å². The monoisotopic (exact) mass is 1310 g/mol. The van der Waals surface area contributed by atoms with Crippen molar-refractivity contribution in [2.75, 3.05) is 50.2 Å². The van der Waals surface area contributed by atoms with Gasteiger partial charge in [0.25, 0.3) is 11.8 Å². The zero-order valence-corrected chi connectivity index (χ0v) is 56.6. The van der Waals surface area contributed by atoms with Crippen LogP contribution in [0.5, 0.6) is 0 Å². The summed E-state index contributed by atoms with van der Waals surface area (Å²) < 4.78 is 21.8. The van der Waals surface area contributed by atoms with Crippen molar-refractivity contribution in [2.45, 2.75) is 124 Å². The third kappa shape index (κ3) is 32.8. The molecule has 19 nitrogen and oxygen atoms in total. The Bertz CT molecular complexity index is 3960. The van der Waals surface area contributed by atoms with Gasteiger partial charge in [-0.3, -0.25) is 24.0 Å². The van der Waals surface area contributed by atoms with Crippen LogP contribution in [0.25, 0.3) is 0 Å². The lowest BCUT2D eigenvalue weighted by Gasteiger charge is -2.30. The van der Waals surface area contributed by atoms with Gasteiger partial charge in [0, 0.05) is 74.8 Å². The Kier molecular flexibility index (Phi) is 34.7. The molecule has 13 N–H and O–H groups in total. The summed E-state index contributed by atoms with van der Waals surface area (Å²) >= 11 is 0. The highest BCUT2D eigenvalue weighted by atomic mass is 16.5. The molecular weight excluding hydrogens is 1230 g/mol. The quantitative estimate of drug-likeness (QED) is 0.0260. The maximum atomic E-state index is 12.8. The fourth-order valence-electron chi connectivity index (χ4n) is 8.01. The molecule has 6 atom stereocenters. The molecule has 0 radical (unpaired) electrons. The summed E-state index contributed by atoms with van der Waals surface area (Å²) in [5.74, 6) is 31.1. The zero-order chi connectivity index (χ0) is 72.1. The second-order valence-corrected chi connectivity index (χ2v) is 23.3. The van der Waals surface area contributed by atoms with E-state index in [0.29, 0.717) is 47.0 Å². The number of aliphatic hydroxyl groups excluding tert-OH is 2. The third-order valence-corrected chi connectivity index (χ3v) is 12.8. The highest BCUT2D eigenvalue weighted by Gasteiger charge is 2.31. The molecule has 0 aromatic heterocycles. The van der Waals surface area contributed by atoms with Gasteiger partial charge in [0.05, 0.1) is 41.1 Å². The Balaban J connectivity index is 0.000000351. The minimum Gasteiger partial charge on any atom is -0.478 e. The molecule has 0 aliphatic heterocycles. The Morgan fingerprint density at radius 2 is 0.711 bits per heavy atom. The van der Waals surface area contributed by atoms with E-state index in [-0.39, 0.29) is 48.0 Å². The average Bonchev–Trinajstić information content (AvgIpc) is 1.00. The molecule has 97 heavy (non-hydrogen) atoms. The second-order valence-electron chi connectivity index (χ2n) is 23.3. The topological polar surface area (TPSA) is 328 Å². The van der Waals surface area contributed by atoms with Crippen LogP contribution in [0.4, 0.5) is 17.1 Å². The summed E-state index contributed by atoms with van der Waals surface area (Å²) in [6.07, 6.45) is -1.94. The number of ether oxygens (including phenoxy) is 4. The minimum absolute atomic E-state index is 0.0650. The summed E-state index contributed by atoms with van der Waals surface area (Å²) in [5, 5.41) is 32.5. The number of rotatable bonds is 20. The lowest BCUT2D eigenvalue weighted by Crippen LogP contribution is -2.51. The number of nitrogens with one attached hydrogen (secondary N) is 2. The van der Waals surface area contributed by atoms with E-state index >= 15 is 0 Å². The maximum Gasteiger partial charge on any atom is 0.335 e. The molecule has 19 heteroatoms. The van der Waals surface area contributed by atoms with Gasteiger partial charge < -0.3 is 67.8 Å². The molecule has 0 saturated carbocycles. The molecule has 0 spiro atoms. The van der Waals surface area contributed by atoms with Gasteiger partial charge in [-0.15, -0.1) is 0 Å². The van der Waals surface area contributed by atoms with Gasteiger partial charge in [0.1, 0.15) is 31.9 Å². The molecule has 0 saturated heterocycles. The summed E-state index contributed by atoms with van der Waals surface area (Å²) in [7, 11) is 0. The average molecular weight is 1320 g/mol. The smallest absolute Gasteiger partial charge is 0.335 e. The molecule has 0 heterocycles. The lowest BCUT2D eigenvalue weighted by atomic mass is 10.0. The molecule has 0 fully saturated rings. The number of benzene rings is 6. The number of aliphatic hydroxyl groups is 2. The van der Waals surface area contributed by atoms with Crippen molar-refractivity contribution in [3.8, 4) is 71.0 Å². The second kappa shape index (κ2) is 41.8. The highest BCUT2D eigenvalue weighted by Crippen LogP contribution is 2.17. The first kappa shape index (κ1) is 80.5. The number of carboxylic acid groups (broad SMARTS) is 1. The maximum absolute atomic E-state index is 12.8. The van der Waals surface area contributed by atoms with Crippen molar-refractivity contribution in [1.29, 1.82) is 0 Å². The Morgan fingerprint density at radius 1 is 0.433 bits per heavy atom. The predicted octanol–water partition coefficient (Wildman–Crippen LogP) is 7.79. The number of aromatic carboxylic acids is 1. The van der Waals surface area contributed by atoms with Gasteiger partial charge >= 0.3 is 5.97 Å². The molecular formula is C78H86N6O13. The molecule has 506 valence electrons. The van der Waals surface area contributed by atoms with E-state index in [9.17, 15) is 33.9 Å². The summed E-state index contributed by atoms with van der Waals surface area (Å²) in [6.45, 7) is 20.2. The number of anilines is 3. The molecule has 2 amide bonds. The van der Waals surface area contributed by atoms with Gasteiger partial charge in [0.2, 0.25) is 0 Å². The van der Waals surface area contributed by atoms with Gasteiger partial charge in [-0.2, -0.15) is 0 Å². The number of carboxylic acids is 1. The van der Waals surface area contributed by atoms with Crippen LogP contribution >= 0.6 is 0 Å². The number of ketones is 3. The fourth-order valence-corrected chi connectivity index (χ4v) is 8.01. The van der Waals surface area contributed by atoms with Crippen LogP contribution < -0.4 is 33.6 Å². The number of carbonyl (C=O) groups is 6. The first-order valence-electron chi connectivity index (χ1n) is 30.8. The number of Topliss-reactive ketones (excluding diaryl/α,β-unsaturated/α-hetero) is 3. The van der Waals surface area contributed by atoms with E-state index in [2.05, 4.69) is 81.7 Å². The van der Waals surface area contributed by atoms with Crippen molar-refractivity contribution in [3.63, 3.8) is 0 Å². The Morgan fingerprint density at radius 3 is 0.990 bits per heavy atom. The van der Waals surface area contributed by atoms with E-state index < -0.39 is 60.2 Å². The van der Waals surface area contributed by atoms with Crippen LogP contribution in [0.15, 0.2) is 146 Å². The lowest BCUT2D eigenvalue weighted by molar-refractivity contribution is -0.133. The van der Waals surface area contributed by atoms with Crippen LogP contribution in [0.3, 0.4) is 0 Å². The molecule has 0 aliphatic carbocycles. The first-order chi connectivity index (χ1) is 45.9. The minimum atomic E-state index is -1.17. The van der Waals surface area contributed by atoms with E-state index in [1.54, 1.807) is 123 Å². The van der Waals surface area contributed by atoms with Crippen LogP contribution in [0.1, 0.15) is 141 Å². The molecule has 6 aromatic carbocycles. The van der Waals surface area contributed by atoms with Gasteiger partial charge in [-0.25, -0.2) is 4.79 Å². The van der Waals surface area contributed by atoms with E-state index in [1.807, 2.05) is 79.7 Å². The van der Waals surface area contributed by atoms with E-state index in [4.69, 9.17) is 52.1 Å². The number of hydrogen-bond donors (Lipinski definition) is 9. The molecule has 6 rings (SSSR count).